The van der Waals surface area contributed by atoms with E-state index < -0.39 is 0 Å². The Hall–Kier alpha value is -3.72. The van der Waals surface area contributed by atoms with Crippen LogP contribution in [0.2, 0.25) is 0 Å². The van der Waals surface area contributed by atoms with Crippen LogP contribution >= 0.6 is 11.8 Å². The molecule has 3 heterocycles. The molecule has 0 aliphatic rings. The minimum atomic E-state index is 0.647. The Morgan fingerprint density at radius 3 is 2.53 bits per heavy atom. The van der Waals surface area contributed by atoms with Gasteiger partial charge in [0.25, 0.3) is 0 Å². The van der Waals surface area contributed by atoms with E-state index in [2.05, 4.69) is 65.9 Å². The number of benzene rings is 2. The van der Waals surface area contributed by atoms with Crippen molar-refractivity contribution < 1.29 is 0 Å². The van der Waals surface area contributed by atoms with Gasteiger partial charge in [-0.05, 0) is 39.9 Å². The number of thioether (sulfide) groups is 1. The highest BCUT2D eigenvalue weighted by Crippen LogP contribution is 2.32. The maximum Gasteiger partial charge on any atom is 0.180 e. The van der Waals surface area contributed by atoms with Crippen molar-refractivity contribution in [2.75, 3.05) is 18.2 Å². The Bertz CT molecular complexity index is 1290. The molecule has 0 fully saturated rings. The van der Waals surface area contributed by atoms with Gasteiger partial charge in [-0.15, -0.1) is 16.9 Å². The summed E-state index contributed by atoms with van der Waals surface area (Å²) in [6.45, 7) is 0. The number of fused-ring (bicyclic) bond motifs is 1. The highest BCUT2D eigenvalue weighted by molar-refractivity contribution is 7.98. The van der Waals surface area contributed by atoms with Gasteiger partial charge >= 0.3 is 0 Å². The molecular weight excluding hydrogens is 396 g/mol. The number of tetrazole rings is 1. The van der Waals surface area contributed by atoms with E-state index in [0.29, 0.717) is 5.82 Å². The van der Waals surface area contributed by atoms with Gasteiger partial charge in [0.1, 0.15) is 10.8 Å². The molecule has 0 saturated heterocycles. The average molecular weight is 414 g/mol. The zero-order valence-corrected chi connectivity index (χ0v) is 17.2. The fraction of sp³-hybridized carbons (Fsp3) is 0.0952. The molecule has 9 heteroatoms. The zero-order chi connectivity index (χ0) is 20.5. The van der Waals surface area contributed by atoms with Crippen LogP contribution < -0.4 is 4.90 Å². The van der Waals surface area contributed by atoms with Crippen LogP contribution in [0.5, 0.6) is 0 Å². The van der Waals surface area contributed by atoms with Gasteiger partial charge in [-0.1, -0.05) is 36.4 Å². The number of H-pyrrole nitrogens is 1. The van der Waals surface area contributed by atoms with Crippen LogP contribution in [0.1, 0.15) is 0 Å². The van der Waals surface area contributed by atoms with E-state index >= 15 is 0 Å². The summed E-state index contributed by atoms with van der Waals surface area (Å²) in [6, 6.07) is 20.4. The second-order valence-electron chi connectivity index (χ2n) is 6.66. The van der Waals surface area contributed by atoms with Crippen LogP contribution in [0.15, 0.2) is 71.9 Å². The summed E-state index contributed by atoms with van der Waals surface area (Å²) in [7, 11) is 2.03. The van der Waals surface area contributed by atoms with Crippen molar-refractivity contribution in [2.24, 2.45) is 0 Å². The number of anilines is 2. The normalized spacial score (nSPS) is 11.1. The first-order chi connectivity index (χ1) is 14.7. The standard InChI is InChI=1S/C21H18N8S/c1-28(20-13-19(30-2)23-18-11-12-22-29(18)20)15-9-7-14(8-10-15)16-5-3-4-6-17(16)21-24-26-27-25-21/h3-13H,1-2H3,(H,24,25,26,27). The lowest BCUT2D eigenvalue weighted by molar-refractivity contribution is 0.881. The van der Waals surface area contributed by atoms with E-state index in [-0.39, 0.29) is 0 Å². The van der Waals surface area contributed by atoms with Gasteiger partial charge in [-0.3, -0.25) is 0 Å². The summed E-state index contributed by atoms with van der Waals surface area (Å²) in [5, 5.41) is 19.7. The van der Waals surface area contributed by atoms with Crippen molar-refractivity contribution in [1.29, 1.82) is 0 Å². The first kappa shape index (κ1) is 18.3. The van der Waals surface area contributed by atoms with Gasteiger partial charge in [0.15, 0.2) is 11.5 Å². The molecule has 0 unspecified atom stereocenters. The number of aromatic nitrogens is 7. The molecule has 2 aromatic carbocycles. The number of nitrogens with one attached hydrogen (secondary N) is 1. The van der Waals surface area contributed by atoms with Gasteiger partial charge in [-0.25, -0.2) is 10.1 Å². The van der Waals surface area contributed by atoms with Crippen molar-refractivity contribution >= 4 is 28.9 Å². The van der Waals surface area contributed by atoms with Crippen LogP contribution in [0.3, 0.4) is 0 Å². The Balaban J connectivity index is 1.52. The lowest BCUT2D eigenvalue weighted by Crippen LogP contribution is -2.14. The van der Waals surface area contributed by atoms with E-state index in [1.54, 1.807) is 18.0 Å². The molecule has 1 N–H and O–H groups in total. The summed E-state index contributed by atoms with van der Waals surface area (Å²) in [4.78, 5) is 6.70. The van der Waals surface area contributed by atoms with Gasteiger partial charge in [0.2, 0.25) is 0 Å². The minimum Gasteiger partial charge on any atom is -0.329 e. The molecule has 0 amide bonds. The summed E-state index contributed by atoms with van der Waals surface area (Å²) in [5.74, 6) is 1.60. The first-order valence-electron chi connectivity index (χ1n) is 9.30. The van der Waals surface area contributed by atoms with Crippen LogP contribution in [0, 0.1) is 0 Å². The first-order valence-corrected chi connectivity index (χ1v) is 10.5. The number of nitrogens with zero attached hydrogens (tertiary/aromatic N) is 7. The summed E-state index contributed by atoms with van der Waals surface area (Å²) >= 11 is 1.62. The van der Waals surface area contributed by atoms with Crippen molar-refractivity contribution in [3.8, 4) is 22.5 Å². The van der Waals surface area contributed by atoms with E-state index in [0.717, 1.165) is 38.9 Å². The predicted octanol–water partition coefficient (Wildman–Crippen LogP) is 4.07. The van der Waals surface area contributed by atoms with Gasteiger partial charge in [0, 0.05) is 30.4 Å². The quantitative estimate of drug-likeness (QED) is 0.343. The van der Waals surface area contributed by atoms with E-state index in [1.165, 1.54) is 0 Å². The fourth-order valence-electron chi connectivity index (χ4n) is 3.43. The second-order valence-corrected chi connectivity index (χ2v) is 7.49. The van der Waals surface area contributed by atoms with Crippen LogP contribution in [0.25, 0.3) is 28.2 Å². The number of aromatic amines is 1. The number of rotatable bonds is 5. The lowest BCUT2D eigenvalue weighted by Gasteiger charge is -2.21. The highest BCUT2D eigenvalue weighted by atomic mass is 32.2. The smallest absolute Gasteiger partial charge is 0.180 e. The second kappa shape index (κ2) is 7.60. The van der Waals surface area contributed by atoms with Crippen molar-refractivity contribution in [2.45, 2.75) is 5.03 Å². The number of hydrogen-bond acceptors (Lipinski definition) is 7. The Morgan fingerprint density at radius 2 is 1.80 bits per heavy atom. The highest BCUT2D eigenvalue weighted by Gasteiger charge is 2.14. The summed E-state index contributed by atoms with van der Waals surface area (Å²) in [6.07, 6.45) is 3.79. The summed E-state index contributed by atoms with van der Waals surface area (Å²) in [5.41, 5.74) is 4.99. The maximum atomic E-state index is 4.60. The molecule has 0 atom stereocenters. The van der Waals surface area contributed by atoms with Gasteiger partial charge in [0.05, 0.1) is 6.20 Å². The van der Waals surface area contributed by atoms with Crippen molar-refractivity contribution in [1.82, 2.24) is 35.2 Å². The van der Waals surface area contributed by atoms with Crippen molar-refractivity contribution in [3.63, 3.8) is 0 Å². The van der Waals surface area contributed by atoms with Crippen LogP contribution in [-0.4, -0.2) is 48.5 Å². The maximum absolute atomic E-state index is 4.60. The average Bonchev–Trinajstić information content (AvgIpc) is 3.50. The molecule has 0 saturated carbocycles. The lowest BCUT2D eigenvalue weighted by atomic mass is 9.99. The van der Waals surface area contributed by atoms with E-state index in [4.69, 9.17) is 0 Å². The van der Waals surface area contributed by atoms with Gasteiger partial charge in [-0.2, -0.15) is 9.61 Å². The van der Waals surface area contributed by atoms with Gasteiger partial charge < -0.3 is 4.90 Å². The molecule has 0 spiro atoms. The minimum absolute atomic E-state index is 0.647. The molecule has 0 aliphatic heterocycles. The van der Waals surface area contributed by atoms with E-state index in [9.17, 15) is 0 Å². The number of hydrogen-bond donors (Lipinski definition) is 1. The Morgan fingerprint density at radius 1 is 1.00 bits per heavy atom. The molecule has 148 valence electrons. The molecule has 0 bridgehead atoms. The molecule has 0 aliphatic carbocycles. The molecule has 30 heavy (non-hydrogen) atoms. The monoisotopic (exact) mass is 414 g/mol. The van der Waals surface area contributed by atoms with Crippen LogP contribution in [0.4, 0.5) is 11.5 Å². The molecule has 3 aromatic heterocycles. The third-order valence-corrected chi connectivity index (χ3v) is 5.59. The molecular formula is C21H18N8S. The zero-order valence-electron chi connectivity index (χ0n) is 16.4. The third-order valence-electron chi connectivity index (χ3n) is 4.96. The molecule has 8 nitrogen and oxygen atoms in total. The third kappa shape index (κ3) is 3.18. The Kier molecular flexibility index (Phi) is 4.64. The molecule has 0 radical (unpaired) electrons. The topological polar surface area (TPSA) is 87.9 Å². The molecule has 5 rings (SSSR count). The molecule has 5 aromatic rings. The largest absolute Gasteiger partial charge is 0.329 e. The van der Waals surface area contributed by atoms with Crippen LogP contribution in [-0.2, 0) is 0 Å². The van der Waals surface area contributed by atoms with E-state index in [1.807, 2.05) is 48.2 Å². The SMILES string of the molecule is CSc1cc(N(C)c2ccc(-c3ccccc3-c3nnn[nH]3)cc2)n2nccc2n1. The predicted molar refractivity (Wildman–Crippen MR) is 118 cm³/mol. The Labute approximate surface area is 177 Å². The summed E-state index contributed by atoms with van der Waals surface area (Å²) < 4.78 is 1.85. The fourth-order valence-corrected chi connectivity index (χ4v) is 3.84. The van der Waals surface area contributed by atoms with Crippen molar-refractivity contribution in [3.05, 3.63) is 66.9 Å².